The van der Waals surface area contributed by atoms with E-state index in [4.69, 9.17) is 5.11 Å². The van der Waals surface area contributed by atoms with E-state index in [1.807, 2.05) is 13.0 Å². The van der Waals surface area contributed by atoms with Crippen LogP contribution in [0.3, 0.4) is 0 Å². The molecule has 0 aromatic carbocycles. The van der Waals surface area contributed by atoms with Gasteiger partial charge < -0.3 is 5.11 Å². The monoisotopic (exact) mass is 155 g/mol. The molecule has 0 amide bonds. The predicted molar refractivity (Wildman–Crippen MR) is 43.0 cm³/mol. The van der Waals surface area contributed by atoms with Gasteiger partial charge in [0.25, 0.3) is 0 Å². The molecule has 0 aliphatic heterocycles. The summed E-state index contributed by atoms with van der Waals surface area (Å²) in [4.78, 5) is 5.17. The van der Waals surface area contributed by atoms with Crippen LogP contribution >= 0.6 is 11.3 Å². The molecule has 1 aromatic rings. The number of aromatic nitrogens is 1. The van der Waals surface area contributed by atoms with Crippen molar-refractivity contribution in [3.05, 3.63) is 22.2 Å². The quantitative estimate of drug-likeness (QED) is 0.701. The molecule has 0 unspecified atom stereocenters. The normalized spacial score (nSPS) is 11.0. The average molecular weight is 155 g/mol. The summed E-state index contributed by atoms with van der Waals surface area (Å²) in [5.41, 5.74) is 2.82. The molecule has 0 saturated carbocycles. The van der Waals surface area contributed by atoms with Crippen LogP contribution in [0.4, 0.5) is 0 Å². The number of thiazole rings is 1. The molecule has 1 rings (SSSR count). The van der Waals surface area contributed by atoms with Crippen molar-refractivity contribution >= 4 is 17.4 Å². The van der Waals surface area contributed by atoms with Gasteiger partial charge in [-0.1, -0.05) is 6.08 Å². The predicted octanol–water partition coefficient (Wildman–Crippen LogP) is 1.46. The van der Waals surface area contributed by atoms with Gasteiger partial charge >= 0.3 is 0 Å². The van der Waals surface area contributed by atoms with Crippen LogP contribution < -0.4 is 0 Å². The van der Waals surface area contributed by atoms with E-state index in [2.05, 4.69) is 4.98 Å². The third-order valence-electron chi connectivity index (χ3n) is 1.16. The molecule has 0 spiro atoms. The van der Waals surface area contributed by atoms with Gasteiger partial charge in [-0.05, 0) is 13.0 Å². The molecular formula is C7H9NOS. The van der Waals surface area contributed by atoms with Gasteiger partial charge in [0, 0.05) is 4.88 Å². The second kappa shape index (κ2) is 3.49. The first-order valence-corrected chi connectivity index (χ1v) is 3.90. The highest BCUT2D eigenvalue weighted by Crippen LogP contribution is 2.13. The molecule has 0 aliphatic rings. The summed E-state index contributed by atoms with van der Waals surface area (Å²) in [6.07, 6.45) is 3.59. The number of hydrogen-bond donors (Lipinski definition) is 1. The van der Waals surface area contributed by atoms with Gasteiger partial charge in [-0.15, -0.1) is 11.3 Å². The Hall–Kier alpha value is -0.670. The lowest BCUT2D eigenvalue weighted by Gasteiger charge is -1.84. The van der Waals surface area contributed by atoms with Crippen molar-refractivity contribution in [3.63, 3.8) is 0 Å². The van der Waals surface area contributed by atoms with Crippen LogP contribution in [0.2, 0.25) is 0 Å². The van der Waals surface area contributed by atoms with Crippen molar-refractivity contribution < 1.29 is 5.11 Å². The fourth-order valence-electron chi connectivity index (χ4n) is 0.631. The van der Waals surface area contributed by atoms with Crippen molar-refractivity contribution in [2.24, 2.45) is 0 Å². The van der Waals surface area contributed by atoms with Crippen LogP contribution in [0.5, 0.6) is 0 Å². The summed E-state index contributed by atoms with van der Waals surface area (Å²) in [5, 5.41) is 8.45. The first kappa shape index (κ1) is 7.44. The first-order chi connectivity index (χ1) is 4.84. The minimum Gasteiger partial charge on any atom is -0.392 e. The van der Waals surface area contributed by atoms with E-state index in [0.717, 1.165) is 10.6 Å². The van der Waals surface area contributed by atoms with Crippen LogP contribution in [0.15, 0.2) is 11.6 Å². The zero-order valence-electron chi connectivity index (χ0n) is 5.74. The molecule has 2 nitrogen and oxygen atoms in total. The number of aliphatic hydroxyl groups excluding tert-OH is 1. The molecule has 1 N–H and O–H groups in total. The van der Waals surface area contributed by atoms with E-state index in [1.54, 1.807) is 22.9 Å². The lowest BCUT2D eigenvalue weighted by atomic mass is 10.3. The standard InChI is InChI=1S/C7H9NOS/c1-6-7(3-2-4-9)10-5-8-6/h2-3,5,9H,4H2,1H3/b3-2+. The molecule has 1 heterocycles. The van der Waals surface area contributed by atoms with Crippen LogP contribution in [0.1, 0.15) is 10.6 Å². The Bertz CT molecular complexity index is 229. The summed E-state index contributed by atoms with van der Waals surface area (Å²) in [7, 11) is 0. The van der Waals surface area contributed by atoms with E-state index < -0.39 is 0 Å². The number of hydrogen-bond acceptors (Lipinski definition) is 3. The Morgan fingerprint density at radius 3 is 3.10 bits per heavy atom. The van der Waals surface area contributed by atoms with Crippen LogP contribution in [-0.2, 0) is 0 Å². The van der Waals surface area contributed by atoms with Gasteiger partial charge in [-0.25, -0.2) is 4.98 Å². The Kier molecular flexibility index (Phi) is 2.59. The van der Waals surface area contributed by atoms with Gasteiger partial charge in [0.05, 0.1) is 17.8 Å². The highest BCUT2D eigenvalue weighted by Gasteiger charge is 1.93. The van der Waals surface area contributed by atoms with Crippen molar-refractivity contribution in [2.45, 2.75) is 6.92 Å². The first-order valence-electron chi connectivity index (χ1n) is 3.02. The lowest BCUT2D eigenvalue weighted by Crippen LogP contribution is -1.74. The topological polar surface area (TPSA) is 33.1 Å². The molecule has 54 valence electrons. The second-order valence-electron chi connectivity index (χ2n) is 1.89. The molecular weight excluding hydrogens is 146 g/mol. The Labute approximate surface area is 63.9 Å². The van der Waals surface area contributed by atoms with E-state index >= 15 is 0 Å². The molecule has 0 saturated heterocycles. The molecule has 1 aromatic heterocycles. The summed E-state index contributed by atoms with van der Waals surface area (Å²) in [6.45, 7) is 2.05. The van der Waals surface area contributed by atoms with Crippen molar-refractivity contribution in [1.29, 1.82) is 0 Å². The van der Waals surface area contributed by atoms with E-state index in [-0.39, 0.29) is 6.61 Å². The van der Waals surface area contributed by atoms with E-state index in [1.165, 1.54) is 0 Å². The molecule has 3 heteroatoms. The maximum atomic E-state index is 8.45. The zero-order valence-corrected chi connectivity index (χ0v) is 6.56. The maximum absolute atomic E-state index is 8.45. The summed E-state index contributed by atoms with van der Waals surface area (Å²) >= 11 is 1.58. The van der Waals surface area contributed by atoms with E-state index in [0.29, 0.717) is 0 Å². The molecule has 0 radical (unpaired) electrons. The van der Waals surface area contributed by atoms with Crippen molar-refractivity contribution in [2.75, 3.05) is 6.61 Å². The minimum atomic E-state index is 0.0946. The molecule has 10 heavy (non-hydrogen) atoms. The van der Waals surface area contributed by atoms with Gasteiger partial charge in [-0.3, -0.25) is 0 Å². The Morgan fingerprint density at radius 2 is 2.60 bits per heavy atom. The second-order valence-corrected chi connectivity index (χ2v) is 2.77. The Morgan fingerprint density at radius 1 is 1.80 bits per heavy atom. The van der Waals surface area contributed by atoms with Crippen LogP contribution in [0.25, 0.3) is 6.08 Å². The molecule has 0 atom stereocenters. The molecule has 0 fully saturated rings. The minimum absolute atomic E-state index is 0.0946. The summed E-state index contributed by atoms with van der Waals surface area (Å²) in [5.74, 6) is 0. The van der Waals surface area contributed by atoms with Gasteiger partial charge in [-0.2, -0.15) is 0 Å². The number of aryl methyl sites for hydroxylation is 1. The maximum Gasteiger partial charge on any atom is 0.0801 e. The van der Waals surface area contributed by atoms with Crippen LogP contribution in [0, 0.1) is 6.92 Å². The highest BCUT2D eigenvalue weighted by atomic mass is 32.1. The Balaban J connectivity index is 2.74. The van der Waals surface area contributed by atoms with Crippen LogP contribution in [-0.4, -0.2) is 16.7 Å². The SMILES string of the molecule is Cc1ncsc1/C=C/CO. The van der Waals surface area contributed by atoms with Gasteiger partial charge in [0.15, 0.2) is 0 Å². The highest BCUT2D eigenvalue weighted by molar-refractivity contribution is 7.10. The number of nitrogens with zero attached hydrogens (tertiary/aromatic N) is 1. The fraction of sp³-hybridized carbons (Fsp3) is 0.286. The fourth-order valence-corrected chi connectivity index (χ4v) is 1.35. The average Bonchev–Trinajstić information content (AvgIpc) is 2.31. The van der Waals surface area contributed by atoms with Gasteiger partial charge in [0.1, 0.15) is 0 Å². The lowest BCUT2D eigenvalue weighted by molar-refractivity contribution is 0.343. The van der Waals surface area contributed by atoms with Crippen molar-refractivity contribution in [3.8, 4) is 0 Å². The number of rotatable bonds is 2. The van der Waals surface area contributed by atoms with Crippen molar-refractivity contribution in [1.82, 2.24) is 4.98 Å². The van der Waals surface area contributed by atoms with E-state index in [9.17, 15) is 0 Å². The summed E-state index contributed by atoms with van der Waals surface area (Å²) < 4.78 is 0. The molecule has 0 aliphatic carbocycles. The zero-order chi connectivity index (χ0) is 7.40. The third-order valence-corrected chi connectivity index (χ3v) is 2.05. The third kappa shape index (κ3) is 1.65. The smallest absolute Gasteiger partial charge is 0.0801 e. The van der Waals surface area contributed by atoms with Gasteiger partial charge in [0.2, 0.25) is 0 Å². The molecule has 0 bridgehead atoms. The largest absolute Gasteiger partial charge is 0.392 e. The summed E-state index contributed by atoms with van der Waals surface area (Å²) in [6, 6.07) is 0. The number of aliphatic hydroxyl groups is 1.